The third kappa shape index (κ3) is 3.98. The summed E-state index contributed by atoms with van der Waals surface area (Å²) in [6.07, 6.45) is 1.88. The minimum Gasteiger partial charge on any atom is -0.480 e. The molecule has 3 rings (SSSR count). The van der Waals surface area contributed by atoms with Crippen LogP contribution in [0, 0.1) is 6.92 Å². The molecule has 2 aliphatic rings. The van der Waals surface area contributed by atoms with Gasteiger partial charge in [-0.1, -0.05) is 0 Å². The first kappa shape index (κ1) is 17.8. The molecule has 2 aliphatic heterocycles. The first-order chi connectivity index (χ1) is 11.9. The highest BCUT2D eigenvalue weighted by Crippen LogP contribution is 2.32. The van der Waals surface area contributed by atoms with Crippen LogP contribution in [-0.4, -0.2) is 87.2 Å². The van der Waals surface area contributed by atoms with Crippen LogP contribution >= 0.6 is 0 Å². The Kier molecular flexibility index (Phi) is 5.05. The predicted molar refractivity (Wildman–Crippen MR) is 87.7 cm³/mol. The summed E-state index contributed by atoms with van der Waals surface area (Å²) in [6, 6.07) is 0. The topological polar surface area (TPSA) is 103 Å². The van der Waals surface area contributed by atoms with Crippen molar-refractivity contribution in [2.75, 3.05) is 39.8 Å². The van der Waals surface area contributed by atoms with E-state index in [4.69, 9.17) is 9.52 Å². The van der Waals surface area contributed by atoms with Gasteiger partial charge in [0.25, 0.3) is 0 Å². The average Bonchev–Trinajstić information content (AvgIpc) is 2.90. The van der Waals surface area contributed by atoms with Crippen molar-refractivity contribution in [2.45, 2.75) is 38.3 Å². The molecule has 0 aliphatic carbocycles. The Balaban J connectivity index is 1.69. The largest absolute Gasteiger partial charge is 0.480 e. The molecule has 1 amide bonds. The van der Waals surface area contributed by atoms with Gasteiger partial charge in [0.1, 0.15) is 6.54 Å². The molecule has 25 heavy (non-hydrogen) atoms. The van der Waals surface area contributed by atoms with Crippen LogP contribution in [0.1, 0.15) is 31.0 Å². The van der Waals surface area contributed by atoms with Crippen LogP contribution < -0.4 is 0 Å². The van der Waals surface area contributed by atoms with Gasteiger partial charge in [0.05, 0.1) is 6.54 Å². The van der Waals surface area contributed by atoms with E-state index in [9.17, 15) is 9.59 Å². The summed E-state index contributed by atoms with van der Waals surface area (Å²) < 4.78 is 5.49. The second-order valence-electron chi connectivity index (χ2n) is 7.03. The minimum atomic E-state index is -0.963. The highest BCUT2D eigenvalue weighted by atomic mass is 16.4. The number of aliphatic carboxylic acids is 1. The molecular formula is C16H25N5O4. The van der Waals surface area contributed by atoms with E-state index in [0.717, 1.165) is 32.5 Å². The monoisotopic (exact) mass is 351 g/mol. The summed E-state index contributed by atoms with van der Waals surface area (Å²) in [5.74, 6) is 0.129. The summed E-state index contributed by atoms with van der Waals surface area (Å²) in [4.78, 5) is 29.3. The van der Waals surface area contributed by atoms with Gasteiger partial charge in [0, 0.05) is 45.1 Å². The Bertz CT molecular complexity index is 648. The van der Waals surface area contributed by atoms with E-state index in [1.807, 2.05) is 0 Å². The second-order valence-corrected chi connectivity index (χ2v) is 7.03. The van der Waals surface area contributed by atoms with Gasteiger partial charge in [0.2, 0.25) is 17.7 Å². The average molecular weight is 351 g/mol. The fourth-order valence-corrected chi connectivity index (χ4v) is 3.83. The molecule has 0 radical (unpaired) electrons. The van der Waals surface area contributed by atoms with E-state index in [0.29, 0.717) is 31.3 Å². The van der Waals surface area contributed by atoms with Crippen molar-refractivity contribution in [3.63, 3.8) is 0 Å². The normalized spacial score (nSPS) is 26.2. The van der Waals surface area contributed by atoms with Crippen molar-refractivity contribution in [3.05, 3.63) is 11.8 Å². The Labute approximate surface area is 146 Å². The number of hydrogen-bond donors (Lipinski definition) is 1. The maximum absolute atomic E-state index is 12.3. The Hall–Kier alpha value is -2.00. The highest BCUT2D eigenvalue weighted by Gasteiger charge is 2.42. The van der Waals surface area contributed by atoms with Gasteiger partial charge in [-0.25, -0.2) is 0 Å². The van der Waals surface area contributed by atoms with E-state index in [1.54, 1.807) is 6.92 Å². The number of carboxylic acids is 1. The molecule has 0 saturated carbocycles. The number of aryl methyl sites for hydroxylation is 1. The quantitative estimate of drug-likeness (QED) is 0.806. The Morgan fingerprint density at radius 1 is 1.28 bits per heavy atom. The van der Waals surface area contributed by atoms with E-state index in [1.165, 1.54) is 4.90 Å². The Morgan fingerprint density at radius 3 is 2.76 bits per heavy atom. The molecule has 0 bridgehead atoms. The zero-order valence-corrected chi connectivity index (χ0v) is 14.8. The lowest BCUT2D eigenvalue weighted by atomic mass is 9.86. The van der Waals surface area contributed by atoms with Crippen molar-refractivity contribution in [3.8, 4) is 0 Å². The number of piperazine rings is 1. The van der Waals surface area contributed by atoms with Crippen LogP contribution in [0.5, 0.6) is 0 Å². The number of carboxylic acid groups (broad SMARTS) is 1. The lowest BCUT2D eigenvalue weighted by Crippen LogP contribution is -2.60. The zero-order valence-electron chi connectivity index (χ0n) is 14.8. The lowest BCUT2D eigenvalue weighted by molar-refractivity contribution is -0.144. The minimum absolute atomic E-state index is 0.0719. The smallest absolute Gasteiger partial charge is 0.323 e. The second kappa shape index (κ2) is 7.09. The van der Waals surface area contributed by atoms with E-state index >= 15 is 0 Å². The molecule has 2 saturated heterocycles. The van der Waals surface area contributed by atoms with Crippen LogP contribution in [0.4, 0.5) is 0 Å². The molecule has 3 heterocycles. The molecule has 9 heteroatoms. The summed E-state index contributed by atoms with van der Waals surface area (Å²) in [7, 11) is 2.09. The fourth-order valence-electron chi connectivity index (χ4n) is 3.83. The van der Waals surface area contributed by atoms with Gasteiger partial charge in [-0.05, 0) is 19.9 Å². The van der Waals surface area contributed by atoms with E-state index in [-0.39, 0.29) is 18.0 Å². The van der Waals surface area contributed by atoms with Crippen molar-refractivity contribution in [1.82, 2.24) is 24.9 Å². The molecule has 138 valence electrons. The summed E-state index contributed by atoms with van der Waals surface area (Å²) in [6.45, 7) is 5.22. The third-order valence-electron chi connectivity index (χ3n) is 5.34. The maximum Gasteiger partial charge on any atom is 0.323 e. The van der Waals surface area contributed by atoms with E-state index < -0.39 is 5.97 Å². The number of nitrogens with zero attached hydrogens (tertiary/aromatic N) is 5. The van der Waals surface area contributed by atoms with Gasteiger partial charge in [-0.2, -0.15) is 0 Å². The SMILES string of the molecule is Cc1nnc(CN2CCN(C)[C@]3(CCC(=O)N(CC(=O)O)CC3)C2)o1. The summed E-state index contributed by atoms with van der Waals surface area (Å²) in [5.41, 5.74) is -0.129. The number of likely N-dealkylation sites (tertiary alicyclic amines) is 1. The molecule has 1 N–H and O–H groups in total. The van der Waals surface area contributed by atoms with Crippen LogP contribution in [-0.2, 0) is 16.1 Å². The number of carbonyl (C=O) groups excluding carboxylic acids is 1. The van der Waals surface area contributed by atoms with Crippen molar-refractivity contribution >= 4 is 11.9 Å². The van der Waals surface area contributed by atoms with Crippen LogP contribution in [0.3, 0.4) is 0 Å². The number of amides is 1. The van der Waals surface area contributed by atoms with Gasteiger partial charge < -0.3 is 14.4 Å². The highest BCUT2D eigenvalue weighted by molar-refractivity contribution is 5.81. The molecule has 1 atom stereocenters. The number of aromatic nitrogens is 2. The number of likely N-dealkylation sites (N-methyl/N-ethyl adjacent to an activating group) is 1. The standard InChI is InChI=1S/C16H25N5O4/c1-12-17-18-13(25-12)9-20-8-7-19(2)16(11-20)4-3-14(22)21(6-5-16)10-15(23)24/h3-11H2,1-2H3,(H,23,24)/t16-/m0/s1. The van der Waals surface area contributed by atoms with E-state index in [2.05, 4.69) is 27.0 Å². The fraction of sp³-hybridized carbons (Fsp3) is 0.750. The lowest BCUT2D eigenvalue weighted by Gasteiger charge is -2.49. The first-order valence-electron chi connectivity index (χ1n) is 8.60. The molecule has 0 aromatic carbocycles. The van der Waals surface area contributed by atoms with Crippen molar-refractivity contribution < 1.29 is 19.1 Å². The molecule has 0 unspecified atom stereocenters. The van der Waals surface area contributed by atoms with Gasteiger partial charge in [-0.3, -0.25) is 19.4 Å². The summed E-state index contributed by atoms with van der Waals surface area (Å²) in [5, 5.41) is 16.9. The Morgan fingerprint density at radius 2 is 2.08 bits per heavy atom. The molecule has 1 aromatic heterocycles. The maximum atomic E-state index is 12.3. The molecule has 1 spiro atoms. The van der Waals surface area contributed by atoms with Crippen molar-refractivity contribution in [2.24, 2.45) is 0 Å². The first-order valence-corrected chi connectivity index (χ1v) is 8.60. The zero-order chi connectivity index (χ0) is 18.0. The predicted octanol–water partition coefficient (Wildman–Crippen LogP) is -0.0387. The van der Waals surface area contributed by atoms with Crippen LogP contribution in [0.25, 0.3) is 0 Å². The van der Waals surface area contributed by atoms with Crippen LogP contribution in [0.2, 0.25) is 0 Å². The van der Waals surface area contributed by atoms with Crippen molar-refractivity contribution in [1.29, 1.82) is 0 Å². The van der Waals surface area contributed by atoms with Gasteiger partial charge >= 0.3 is 5.97 Å². The number of carbonyl (C=O) groups is 2. The third-order valence-corrected chi connectivity index (χ3v) is 5.34. The van der Waals surface area contributed by atoms with Gasteiger partial charge in [-0.15, -0.1) is 10.2 Å². The molecular weight excluding hydrogens is 326 g/mol. The van der Waals surface area contributed by atoms with Gasteiger partial charge in [0.15, 0.2) is 0 Å². The molecule has 2 fully saturated rings. The van der Waals surface area contributed by atoms with Crippen LogP contribution in [0.15, 0.2) is 4.42 Å². The molecule has 1 aromatic rings. The number of rotatable bonds is 4. The molecule has 9 nitrogen and oxygen atoms in total. The number of hydrogen-bond acceptors (Lipinski definition) is 7. The summed E-state index contributed by atoms with van der Waals surface area (Å²) >= 11 is 0.